The van der Waals surface area contributed by atoms with Crippen molar-refractivity contribution in [3.05, 3.63) is 48.7 Å². The molecule has 0 saturated carbocycles. The van der Waals surface area contributed by atoms with Crippen molar-refractivity contribution in [2.75, 3.05) is 26.7 Å². The molecule has 30 heavy (non-hydrogen) atoms. The Balaban J connectivity index is 1.72. The van der Waals surface area contributed by atoms with Crippen molar-refractivity contribution in [1.29, 1.82) is 0 Å². The van der Waals surface area contributed by atoms with E-state index in [0.29, 0.717) is 12.5 Å². The molecule has 6 nitrogen and oxygen atoms in total. The maximum absolute atomic E-state index is 12.6. The Morgan fingerprint density at radius 1 is 1.43 bits per heavy atom. The van der Waals surface area contributed by atoms with Crippen molar-refractivity contribution in [3.63, 3.8) is 0 Å². The van der Waals surface area contributed by atoms with E-state index in [4.69, 9.17) is 9.47 Å². The van der Waals surface area contributed by atoms with E-state index < -0.39 is 6.09 Å². The number of piperidine rings is 3. The smallest absolute Gasteiger partial charge is 0.408 e. The molecule has 1 unspecified atom stereocenters. The fraction of sp³-hybridized carbons (Fsp3) is 0.500. The van der Waals surface area contributed by atoms with Crippen LogP contribution in [0.2, 0.25) is 0 Å². The van der Waals surface area contributed by atoms with Crippen LogP contribution < -0.4 is 10.1 Å². The standard InChI is InChI=1S/C24H31N3O3/c1-4-10-26-24(28)30-23(22-13-17-9-12-27(22)15-16(17)5-2)19-8-11-25-21-7-6-18(29-3)14-20(19)21/h4,6-8,11,14,16-17,22-23H,1,5,9-10,12-13,15H2,2-3H3,(H,26,28)/t16-,17-,22-,23+/m0/s1. The monoisotopic (exact) mass is 409 g/mol. The molecule has 5 rings (SSSR count). The van der Waals surface area contributed by atoms with Crippen molar-refractivity contribution in [1.82, 2.24) is 15.2 Å². The minimum Gasteiger partial charge on any atom is -0.497 e. The van der Waals surface area contributed by atoms with E-state index in [1.807, 2.05) is 24.3 Å². The number of aromatic nitrogens is 1. The molecule has 3 fully saturated rings. The number of alkyl carbamates (subject to hydrolysis) is 1. The van der Waals surface area contributed by atoms with Gasteiger partial charge in [0.05, 0.1) is 18.7 Å². The summed E-state index contributed by atoms with van der Waals surface area (Å²) in [5.74, 6) is 2.19. The molecular weight excluding hydrogens is 378 g/mol. The highest BCUT2D eigenvalue weighted by Gasteiger charge is 2.44. The van der Waals surface area contributed by atoms with E-state index in [2.05, 4.69) is 28.7 Å². The van der Waals surface area contributed by atoms with E-state index >= 15 is 0 Å². The van der Waals surface area contributed by atoms with Gasteiger partial charge in [-0.25, -0.2) is 4.79 Å². The first-order valence-electron chi connectivity index (χ1n) is 10.9. The fourth-order valence-corrected chi connectivity index (χ4v) is 5.14. The van der Waals surface area contributed by atoms with E-state index in [0.717, 1.165) is 47.6 Å². The Morgan fingerprint density at radius 2 is 2.30 bits per heavy atom. The first-order valence-corrected chi connectivity index (χ1v) is 10.9. The first kappa shape index (κ1) is 20.7. The third-order valence-corrected chi connectivity index (χ3v) is 6.72. The van der Waals surface area contributed by atoms with Crippen LogP contribution >= 0.6 is 0 Å². The van der Waals surface area contributed by atoms with Gasteiger partial charge in [0.15, 0.2) is 0 Å². The van der Waals surface area contributed by atoms with Crippen molar-refractivity contribution in [3.8, 4) is 5.75 Å². The Kier molecular flexibility index (Phi) is 6.23. The molecule has 1 amide bonds. The van der Waals surface area contributed by atoms with Crippen LogP contribution in [0.15, 0.2) is 43.1 Å². The van der Waals surface area contributed by atoms with Gasteiger partial charge in [0.25, 0.3) is 0 Å². The van der Waals surface area contributed by atoms with Gasteiger partial charge in [0, 0.05) is 30.2 Å². The second kappa shape index (κ2) is 9.04. The van der Waals surface area contributed by atoms with Gasteiger partial charge >= 0.3 is 6.09 Å². The number of rotatable bonds is 7. The molecule has 3 aliphatic rings. The largest absolute Gasteiger partial charge is 0.497 e. The number of benzene rings is 1. The normalized spacial score (nSPS) is 26.2. The Labute approximate surface area is 178 Å². The summed E-state index contributed by atoms with van der Waals surface area (Å²) < 4.78 is 11.5. The Hall–Kier alpha value is -2.60. The predicted octanol–water partition coefficient (Wildman–Crippen LogP) is 4.32. The van der Waals surface area contributed by atoms with Crippen LogP contribution in [0.25, 0.3) is 10.9 Å². The number of methoxy groups -OCH3 is 1. The number of carbonyl (C=O) groups is 1. The van der Waals surface area contributed by atoms with E-state index in [-0.39, 0.29) is 12.1 Å². The number of nitrogens with zero attached hydrogens (tertiary/aromatic N) is 2. The summed E-state index contributed by atoms with van der Waals surface area (Å²) in [6.07, 6.45) is 6.15. The molecule has 5 atom stereocenters. The second-order valence-electron chi connectivity index (χ2n) is 8.29. The zero-order valence-electron chi connectivity index (χ0n) is 17.8. The molecule has 2 bridgehead atoms. The first-order chi connectivity index (χ1) is 14.6. The lowest BCUT2D eigenvalue weighted by molar-refractivity contribution is -0.0603. The highest BCUT2D eigenvalue weighted by Crippen LogP contribution is 2.44. The number of ether oxygens (including phenoxy) is 2. The van der Waals surface area contributed by atoms with Crippen LogP contribution in [0.3, 0.4) is 0 Å². The molecule has 0 spiro atoms. The van der Waals surface area contributed by atoms with Gasteiger partial charge in [-0.3, -0.25) is 9.88 Å². The molecule has 6 heteroatoms. The van der Waals surface area contributed by atoms with Gasteiger partial charge < -0.3 is 14.8 Å². The van der Waals surface area contributed by atoms with Gasteiger partial charge in [0.2, 0.25) is 0 Å². The molecule has 3 aliphatic heterocycles. The van der Waals surface area contributed by atoms with Crippen LogP contribution in [-0.4, -0.2) is 48.8 Å². The highest BCUT2D eigenvalue weighted by atomic mass is 16.6. The lowest BCUT2D eigenvalue weighted by Crippen LogP contribution is -2.56. The molecule has 1 aromatic carbocycles. The minimum atomic E-state index is -0.414. The third-order valence-electron chi connectivity index (χ3n) is 6.72. The summed E-state index contributed by atoms with van der Waals surface area (Å²) in [7, 11) is 1.66. The number of hydrogen-bond donors (Lipinski definition) is 1. The molecule has 4 heterocycles. The van der Waals surface area contributed by atoms with Crippen molar-refractivity contribution < 1.29 is 14.3 Å². The molecular formula is C24H31N3O3. The van der Waals surface area contributed by atoms with Crippen LogP contribution in [0.5, 0.6) is 5.75 Å². The molecule has 0 aliphatic carbocycles. The molecule has 1 aromatic heterocycles. The quantitative estimate of drug-likeness (QED) is 0.690. The molecule has 1 N–H and O–H groups in total. The van der Waals surface area contributed by atoms with Crippen LogP contribution in [0, 0.1) is 11.8 Å². The van der Waals surface area contributed by atoms with Gasteiger partial charge in [0.1, 0.15) is 11.9 Å². The van der Waals surface area contributed by atoms with Crippen molar-refractivity contribution >= 4 is 17.0 Å². The van der Waals surface area contributed by atoms with Crippen molar-refractivity contribution in [2.24, 2.45) is 11.8 Å². The average Bonchev–Trinajstić information content (AvgIpc) is 2.80. The average molecular weight is 410 g/mol. The van der Waals surface area contributed by atoms with Crippen LogP contribution in [0.4, 0.5) is 4.79 Å². The number of amides is 1. The molecule has 0 radical (unpaired) electrons. The van der Waals surface area contributed by atoms with Gasteiger partial charge in [-0.15, -0.1) is 6.58 Å². The highest BCUT2D eigenvalue weighted by molar-refractivity contribution is 5.84. The van der Waals surface area contributed by atoms with Gasteiger partial charge in [-0.2, -0.15) is 0 Å². The van der Waals surface area contributed by atoms with Gasteiger partial charge in [-0.1, -0.05) is 19.4 Å². The topological polar surface area (TPSA) is 63.7 Å². The zero-order valence-corrected chi connectivity index (χ0v) is 17.8. The zero-order chi connectivity index (χ0) is 21.1. The third kappa shape index (κ3) is 4.01. The minimum absolute atomic E-state index is 0.165. The fourth-order valence-electron chi connectivity index (χ4n) is 5.14. The number of nitrogens with one attached hydrogen (secondary N) is 1. The maximum Gasteiger partial charge on any atom is 0.408 e. The Bertz CT molecular complexity index is 916. The second-order valence-corrected chi connectivity index (χ2v) is 8.29. The summed E-state index contributed by atoms with van der Waals surface area (Å²) >= 11 is 0. The summed E-state index contributed by atoms with van der Waals surface area (Å²) in [4.78, 5) is 19.6. The molecule has 3 saturated heterocycles. The predicted molar refractivity (Wildman–Crippen MR) is 118 cm³/mol. The molecule has 2 aromatic rings. The van der Waals surface area contributed by atoms with E-state index in [1.54, 1.807) is 19.4 Å². The number of carbonyl (C=O) groups excluding carboxylic acids is 1. The summed E-state index contributed by atoms with van der Waals surface area (Å²) in [5, 5.41) is 3.73. The number of hydrogen-bond acceptors (Lipinski definition) is 5. The van der Waals surface area contributed by atoms with E-state index in [9.17, 15) is 4.79 Å². The maximum atomic E-state index is 12.6. The number of fused-ring (bicyclic) bond motifs is 4. The van der Waals surface area contributed by atoms with Crippen LogP contribution in [0.1, 0.15) is 37.9 Å². The summed E-state index contributed by atoms with van der Waals surface area (Å²) in [5.41, 5.74) is 1.86. The Morgan fingerprint density at radius 3 is 3.00 bits per heavy atom. The van der Waals surface area contributed by atoms with Gasteiger partial charge in [-0.05, 0) is 55.5 Å². The number of pyridine rings is 1. The molecule has 160 valence electrons. The van der Waals surface area contributed by atoms with Crippen molar-refractivity contribution in [2.45, 2.75) is 38.3 Å². The SMILES string of the molecule is C=CCNC(=O)O[C@H](c1ccnc2ccc(OC)cc12)[C@@H]1C[C@@H]2CCN1C[C@@H]2CC. The lowest BCUT2D eigenvalue weighted by Gasteiger charge is -2.51. The summed E-state index contributed by atoms with van der Waals surface area (Å²) in [6.45, 7) is 8.46. The lowest BCUT2D eigenvalue weighted by atomic mass is 9.72. The van der Waals surface area contributed by atoms with E-state index in [1.165, 1.54) is 12.8 Å². The summed E-state index contributed by atoms with van der Waals surface area (Å²) in [6, 6.07) is 7.99. The van der Waals surface area contributed by atoms with Crippen LogP contribution in [-0.2, 0) is 4.74 Å².